The summed E-state index contributed by atoms with van der Waals surface area (Å²) in [5.41, 5.74) is 0.797. The molecule has 1 rings (SSSR count). The fourth-order valence-electron chi connectivity index (χ4n) is 1.92. The van der Waals surface area contributed by atoms with E-state index in [4.69, 9.17) is 0 Å². The van der Waals surface area contributed by atoms with Gasteiger partial charge in [-0.15, -0.1) is 0 Å². The van der Waals surface area contributed by atoms with Crippen molar-refractivity contribution < 1.29 is 19.8 Å². The van der Waals surface area contributed by atoms with Crippen LogP contribution in [-0.2, 0) is 16.0 Å². The Hall–Kier alpha value is -2.24. The predicted octanol–water partition coefficient (Wildman–Crippen LogP) is 0.917. The molecule has 2 amide bonds. The number of nitrogens with one attached hydrogen (secondary N) is 2. The van der Waals surface area contributed by atoms with Crippen LogP contribution in [0.15, 0.2) is 18.2 Å². The highest BCUT2D eigenvalue weighted by molar-refractivity contribution is 5.87. The second kappa shape index (κ2) is 7.52. The summed E-state index contributed by atoms with van der Waals surface area (Å²) in [6.45, 7) is 5.48. The van der Waals surface area contributed by atoms with Crippen LogP contribution in [0.5, 0.6) is 11.5 Å². The van der Waals surface area contributed by atoms with Crippen LogP contribution in [0.2, 0.25) is 0 Å². The molecule has 116 valence electrons. The molecule has 1 aromatic carbocycles. The first-order valence-electron chi connectivity index (χ1n) is 6.87. The molecule has 0 aliphatic rings. The van der Waals surface area contributed by atoms with E-state index in [1.807, 2.05) is 13.8 Å². The van der Waals surface area contributed by atoms with Crippen LogP contribution < -0.4 is 10.6 Å². The number of benzene rings is 1. The first kappa shape index (κ1) is 16.8. The van der Waals surface area contributed by atoms with E-state index in [0.29, 0.717) is 13.0 Å². The van der Waals surface area contributed by atoms with Gasteiger partial charge in [0.05, 0.1) is 0 Å². The first-order chi connectivity index (χ1) is 9.81. The van der Waals surface area contributed by atoms with Crippen molar-refractivity contribution in [1.82, 2.24) is 10.6 Å². The summed E-state index contributed by atoms with van der Waals surface area (Å²) >= 11 is 0. The van der Waals surface area contributed by atoms with Crippen LogP contribution in [0.4, 0.5) is 0 Å². The van der Waals surface area contributed by atoms with Crippen molar-refractivity contribution in [3.8, 4) is 11.5 Å². The second-order valence-corrected chi connectivity index (χ2v) is 5.29. The zero-order valence-electron chi connectivity index (χ0n) is 12.5. The SMILES string of the molecule is CC(=O)NC(C(=O)NCCc1ccc(O)c(O)c1)C(C)C. The number of carbonyl (C=O) groups excluding carboxylic acids is 2. The Balaban J connectivity index is 2.51. The molecule has 0 bridgehead atoms. The molecular formula is C15H22N2O4. The quantitative estimate of drug-likeness (QED) is 0.586. The van der Waals surface area contributed by atoms with E-state index in [1.165, 1.54) is 19.1 Å². The van der Waals surface area contributed by atoms with Gasteiger partial charge in [0, 0.05) is 13.5 Å². The van der Waals surface area contributed by atoms with E-state index in [0.717, 1.165) is 5.56 Å². The summed E-state index contributed by atoms with van der Waals surface area (Å²) in [6.07, 6.45) is 0.518. The van der Waals surface area contributed by atoms with E-state index >= 15 is 0 Å². The van der Waals surface area contributed by atoms with E-state index in [9.17, 15) is 19.8 Å². The van der Waals surface area contributed by atoms with Gasteiger partial charge < -0.3 is 20.8 Å². The van der Waals surface area contributed by atoms with Gasteiger partial charge in [0.2, 0.25) is 11.8 Å². The Kier molecular flexibility index (Phi) is 6.02. The molecule has 1 atom stereocenters. The summed E-state index contributed by atoms with van der Waals surface area (Å²) in [4.78, 5) is 23.1. The topological polar surface area (TPSA) is 98.7 Å². The van der Waals surface area contributed by atoms with Crippen molar-refractivity contribution in [3.63, 3.8) is 0 Å². The number of rotatable bonds is 6. The maximum Gasteiger partial charge on any atom is 0.242 e. The van der Waals surface area contributed by atoms with Crippen LogP contribution in [0.1, 0.15) is 26.3 Å². The zero-order chi connectivity index (χ0) is 16.0. The molecule has 4 N–H and O–H groups in total. The lowest BCUT2D eigenvalue weighted by Crippen LogP contribution is -2.49. The predicted molar refractivity (Wildman–Crippen MR) is 78.9 cm³/mol. The third kappa shape index (κ3) is 5.33. The third-order valence-corrected chi connectivity index (χ3v) is 3.06. The Labute approximate surface area is 124 Å². The lowest BCUT2D eigenvalue weighted by atomic mass is 10.0. The molecule has 0 spiro atoms. The zero-order valence-corrected chi connectivity index (χ0v) is 12.5. The fourth-order valence-corrected chi connectivity index (χ4v) is 1.92. The average Bonchev–Trinajstić information content (AvgIpc) is 2.39. The molecule has 1 aromatic rings. The molecule has 0 radical (unpaired) electrons. The molecule has 6 nitrogen and oxygen atoms in total. The number of phenolic OH excluding ortho intramolecular Hbond substituents is 2. The number of hydrogen-bond acceptors (Lipinski definition) is 4. The molecule has 1 unspecified atom stereocenters. The Morgan fingerprint density at radius 3 is 2.38 bits per heavy atom. The standard InChI is InChI=1S/C15H22N2O4/c1-9(2)14(17-10(3)18)15(21)16-7-6-11-4-5-12(19)13(20)8-11/h4-5,8-9,14,19-20H,6-7H2,1-3H3,(H,16,21)(H,17,18). The minimum absolute atomic E-state index is 0.00776. The minimum Gasteiger partial charge on any atom is -0.504 e. The van der Waals surface area contributed by atoms with Gasteiger partial charge in [-0.05, 0) is 30.0 Å². The van der Waals surface area contributed by atoms with Gasteiger partial charge in [0.15, 0.2) is 11.5 Å². The number of phenols is 2. The number of amides is 2. The number of carbonyl (C=O) groups is 2. The molecule has 0 aromatic heterocycles. The van der Waals surface area contributed by atoms with Gasteiger partial charge in [-0.1, -0.05) is 19.9 Å². The average molecular weight is 294 g/mol. The summed E-state index contributed by atoms with van der Waals surface area (Å²) in [6, 6.07) is 3.97. The van der Waals surface area contributed by atoms with E-state index in [1.54, 1.807) is 6.07 Å². The highest BCUT2D eigenvalue weighted by Crippen LogP contribution is 2.24. The summed E-state index contributed by atoms with van der Waals surface area (Å²) in [5.74, 6) is -0.840. The molecule has 0 heterocycles. The molecule has 0 fully saturated rings. The smallest absolute Gasteiger partial charge is 0.242 e. The first-order valence-corrected chi connectivity index (χ1v) is 6.87. The monoisotopic (exact) mass is 294 g/mol. The summed E-state index contributed by atoms with van der Waals surface area (Å²) < 4.78 is 0. The van der Waals surface area contributed by atoms with Gasteiger partial charge in [-0.25, -0.2) is 0 Å². The Morgan fingerprint density at radius 1 is 1.19 bits per heavy atom. The van der Waals surface area contributed by atoms with Crippen molar-refractivity contribution in [2.45, 2.75) is 33.2 Å². The fraction of sp³-hybridized carbons (Fsp3) is 0.467. The maximum absolute atomic E-state index is 12.0. The van der Waals surface area contributed by atoms with Crippen molar-refractivity contribution >= 4 is 11.8 Å². The van der Waals surface area contributed by atoms with Crippen LogP contribution in [0.3, 0.4) is 0 Å². The number of hydrogen-bond donors (Lipinski definition) is 4. The van der Waals surface area contributed by atoms with Gasteiger partial charge in [-0.3, -0.25) is 9.59 Å². The third-order valence-electron chi connectivity index (χ3n) is 3.06. The van der Waals surface area contributed by atoms with Gasteiger partial charge in [0.1, 0.15) is 6.04 Å². The summed E-state index contributed by atoms with van der Waals surface area (Å²) in [7, 11) is 0. The maximum atomic E-state index is 12.0. The normalized spacial score (nSPS) is 12.0. The van der Waals surface area contributed by atoms with E-state index in [2.05, 4.69) is 10.6 Å². The minimum atomic E-state index is -0.560. The highest BCUT2D eigenvalue weighted by atomic mass is 16.3. The van der Waals surface area contributed by atoms with Crippen molar-refractivity contribution in [1.29, 1.82) is 0 Å². The lowest BCUT2D eigenvalue weighted by Gasteiger charge is -2.20. The molecule has 0 saturated heterocycles. The molecule has 0 saturated carbocycles. The van der Waals surface area contributed by atoms with Crippen molar-refractivity contribution in [2.24, 2.45) is 5.92 Å². The van der Waals surface area contributed by atoms with Crippen LogP contribution in [0, 0.1) is 5.92 Å². The van der Waals surface area contributed by atoms with E-state index < -0.39 is 6.04 Å². The molecule has 21 heavy (non-hydrogen) atoms. The van der Waals surface area contributed by atoms with Gasteiger partial charge in [-0.2, -0.15) is 0 Å². The van der Waals surface area contributed by atoms with Crippen LogP contribution in [0.25, 0.3) is 0 Å². The summed E-state index contributed by atoms with van der Waals surface area (Å²) in [5, 5.41) is 24.0. The molecule has 0 aliphatic heterocycles. The second-order valence-electron chi connectivity index (χ2n) is 5.29. The Morgan fingerprint density at radius 2 is 1.86 bits per heavy atom. The lowest BCUT2D eigenvalue weighted by molar-refractivity contribution is -0.129. The van der Waals surface area contributed by atoms with Gasteiger partial charge in [0.25, 0.3) is 0 Å². The van der Waals surface area contributed by atoms with E-state index in [-0.39, 0.29) is 29.2 Å². The highest BCUT2D eigenvalue weighted by Gasteiger charge is 2.22. The molecular weight excluding hydrogens is 272 g/mol. The van der Waals surface area contributed by atoms with Crippen molar-refractivity contribution in [3.05, 3.63) is 23.8 Å². The largest absolute Gasteiger partial charge is 0.504 e. The van der Waals surface area contributed by atoms with Crippen LogP contribution in [-0.4, -0.2) is 34.6 Å². The Bertz CT molecular complexity index is 514. The van der Waals surface area contributed by atoms with Crippen molar-refractivity contribution in [2.75, 3.05) is 6.54 Å². The van der Waals surface area contributed by atoms with Crippen LogP contribution >= 0.6 is 0 Å². The molecule has 0 aliphatic carbocycles. The number of aromatic hydroxyl groups is 2. The van der Waals surface area contributed by atoms with Gasteiger partial charge >= 0.3 is 0 Å². The molecule has 6 heteroatoms.